The van der Waals surface area contributed by atoms with Crippen LogP contribution in [0.4, 0.5) is 17.2 Å². The zero-order valence-electron chi connectivity index (χ0n) is 12.4. The van der Waals surface area contributed by atoms with Crippen molar-refractivity contribution in [3.8, 4) is 0 Å². The fourth-order valence-corrected chi connectivity index (χ4v) is 2.40. The number of nitrogens with zero attached hydrogens (tertiary/aromatic N) is 4. The molecule has 0 bridgehead atoms. The average molecular weight is 311 g/mol. The molecule has 3 aromatic rings. The summed E-state index contributed by atoms with van der Waals surface area (Å²) < 4.78 is 1.46. The van der Waals surface area contributed by atoms with E-state index in [9.17, 15) is 14.8 Å². The monoisotopic (exact) mass is 311 g/mol. The minimum atomic E-state index is -1.03. The molecule has 3 rings (SSSR count). The third kappa shape index (κ3) is 2.50. The Labute approximate surface area is 130 Å². The fraction of sp³-hybridized carbons (Fsp3) is 0.133. The van der Waals surface area contributed by atoms with Gasteiger partial charge in [-0.05, 0) is 42.3 Å². The normalized spacial score (nSPS) is 10.7. The highest BCUT2D eigenvalue weighted by molar-refractivity contribution is 5.94. The molecule has 0 aliphatic carbocycles. The first-order valence-corrected chi connectivity index (χ1v) is 6.78. The Kier molecular flexibility index (Phi) is 3.49. The first-order valence-electron chi connectivity index (χ1n) is 6.78. The van der Waals surface area contributed by atoms with Gasteiger partial charge in [0.1, 0.15) is 17.5 Å². The van der Waals surface area contributed by atoms with Gasteiger partial charge in [-0.2, -0.15) is 5.10 Å². The van der Waals surface area contributed by atoms with Crippen molar-refractivity contribution in [1.29, 1.82) is 0 Å². The number of anilines is 2. The molecular formula is C15H13N5O3. The van der Waals surface area contributed by atoms with Crippen LogP contribution in [-0.4, -0.2) is 25.7 Å². The summed E-state index contributed by atoms with van der Waals surface area (Å²) in [6, 6.07) is 5.00. The number of aryl methyl sites for hydroxylation is 2. The number of carboxylic acid groups (broad SMARTS) is 1. The van der Waals surface area contributed by atoms with Crippen LogP contribution in [0.5, 0.6) is 0 Å². The zero-order chi connectivity index (χ0) is 16.6. The number of nitroso groups, excluding NO2 is 1. The largest absolute Gasteiger partial charge is 0.478 e. The Morgan fingerprint density at radius 3 is 2.83 bits per heavy atom. The van der Waals surface area contributed by atoms with Crippen molar-refractivity contribution in [3.63, 3.8) is 0 Å². The molecule has 2 heterocycles. The predicted molar refractivity (Wildman–Crippen MR) is 84.6 cm³/mol. The second-order valence-electron chi connectivity index (χ2n) is 5.09. The SMILES string of the molecule is Cc1ccc(N=O)cc1Nc1ncnn2cc(C(=O)O)c(C)c12. The molecule has 0 spiro atoms. The van der Waals surface area contributed by atoms with E-state index < -0.39 is 5.97 Å². The minimum absolute atomic E-state index is 0.161. The van der Waals surface area contributed by atoms with Gasteiger partial charge in [0.15, 0.2) is 5.82 Å². The molecule has 0 fully saturated rings. The summed E-state index contributed by atoms with van der Waals surface area (Å²) >= 11 is 0. The lowest BCUT2D eigenvalue weighted by Gasteiger charge is -2.10. The second-order valence-corrected chi connectivity index (χ2v) is 5.09. The first-order chi connectivity index (χ1) is 11.0. The number of hydrogen-bond acceptors (Lipinski definition) is 6. The molecule has 0 amide bonds. The maximum atomic E-state index is 11.3. The molecule has 0 unspecified atom stereocenters. The van der Waals surface area contributed by atoms with Gasteiger partial charge in [0.2, 0.25) is 0 Å². The molecule has 0 saturated heterocycles. The van der Waals surface area contributed by atoms with Crippen LogP contribution in [-0.2, 0) is 0 Å². The summed E-state index contributed by atoms with van der Waals surface area (Å²) in [6.45, 7) is 3.58. The maximum Gasteiger partial charge on any atom is 0.337 e. The quantitative estimate of drug-likeness (QED) is 0.716. The third-order valence-corrected chi connectivity index (χ3v) is 3.64. The van der Waals surface area contributed by atoms with E-state index in [2.05, 4.69) is 20.6 Å². The summed E-state index contributed by atoms with van der Waals surface area (Å²) in [7, 11) is 0. The van der Waals surface area contributed by atoms with Crippen LogP contribution in [0, 0.1) is 18.8 Å². The molecule has 8 nitrogen and oxygen atoms in total. The lowest BCUT2D eigenvalue weighted by atomic mass is 10.1. The summed E-state index contributed by atoms with van der Waals surface area (Å²) in [4.78, 5) is 26.2. The molecule has 0 aliphatic rings. The highest BCUT2D eigenvalue weighted by Crippen LogP contribution is 2.28. The van der Waals surface area contributed by atoms with E-state index in [1.807, 2.05) is 6.92 Å². The van der Waals surface area contributed by atoms with Crippen molar-refractivity contribution < 1.29 is 9.90 Å². The number of fused-ring (bicyclic) bond motifs is 1. The molecule has 2 aromatic heterocycles. The Hall–Kier alpha value is -3.29. The van der Waals surface area contributed by atoms with Crippen molar-refractivity contribution in [2.24, 2.45) is 5.18 Å². The van der Waals surface area contributed by atoms with Crippen molar-refractivity contribution in [2.75, 3.05) is 5.32 Å². The van der Waals surface area contributed by atoms with Crippen molar-refractivity contribution >= 4 is 28.7 Å². The smallest absolute Gasteiger partial charge is 0.337 e. The number of hydrogen-bond donors (Lipinski definition) is 2. The molecular weight excluding hydrogens is 298 g/mol. The molecule has 1 aromatic carbocycles. The molecule has 0 saturated carbocycles. The Bertz CT molecular complexity index is 932. The van der Waals surface area contributed by atoms with Crippen LogP contribution in [0.3, 0.4) is 0 Å². The summed E-state index contributed by atoms with van der Waals surface area (Å²) in [6.07, 6.45) is 2.77. The third-order valence-electron chi connectivity index (χ3n) is 3.64. The molecule has 0 aliphatic heterocycles. The zero-order valence-corrected chi connectivity index (χ0v) is 12.4. The number of benzene rings is 1. The van der Waals surface area contributed by atoms with Gasteiger partial charge < -0.3 is 10.4 Å². The van der Waals surface area contributed by atoms with Gasteiger partial charge in [-0.15, -0.1) is 4.91 Å². The highest BCUT2D eigenvalue weighted by atomic mass is 16.4. The topological polar surface area (TPSA) is 109 Å². The Morgan fingerprint density at radius 1 is 1.35 bits per heavy atom. The van der Waals surface area contributed by atoms with Crippen LogP contribution in [0.25, 0.3) is 5.52 Å². The van der Waals surface area contributed by atoms with E-state index >= 15 is 0 Å². The van der Waals surface area contributed by atoms with Gasteiger partial charge in [-0.1, -0.05) is 6.07 Å². The van der Waals surface area contributed by atoms with Crippen LogP contribution < -0.4 is 5.32 Å². The molecule has 8 heteroatoms. The van der Waals surface area contributed by atoms with Gasteiger partial charge in [-0.25, -0.2) is 14.3 Å². The highest BCUT2D eigenvalue weighted by Gasteiger charge is 2.17. The van der Waals surface area contributed by atoms with E-state index in [0.717, 1.165) is 5.56 Å². The van der Waals surface area contributed by atoms with Crippen molar-refractivity contribution in [3.05, 3.63) is 52.3 Å². The van der Waals surface area contributed by atoms with Gasteiger partial charge in [0.25, 0.3) is 0 Å². The molecule has 23 heavy (non-hydrogen) atoms. The molecule has 0 atom stereocenters. The van der Waals surface area contributed by atoms with E-state index in [-0.39, 0.29) is 5.56 Å². The van der Waals surface area contributed by atoms with Gasteiger partial charge >= 0.3 is 5.97 Å². The lowest BCUT2D eigenvalue weighted by molar-refractivity contribution is 0.0696. The van der Waals surface area contributed by atoms with Crippen LogP contribution in [0.15, 0.2) is 35.9 Å². The average Bonchev–Trinajstić information content (AvgIpc) is 2.88. The maximum absolute atomic E-state index is 11.3. The minimum Gasteiger partial charge on any atom is -0.478 e. The summed E-state index contributed by atoms with van der Waals surface area (Å²) in [5.41, 5.74) is 3.14. The van der Waals surface area contributed by atoms with Crippen molar-refractivity contribution in [1.82, 2.24) is 14.6 Å². The number of aromatic nitrogens is 3. The van der Waals surface area contributed by atoms with Gasteiger partial charge in [0, 0.05) is 11.9 Å². The van der Waals surface area contributed by atoms with E-state index in [1.165, 1.54) is 17.0 Å². The number of nitrogens with one attached hydrogen (secondary N) is 1. The van der Waals surface area contributed by atoms with Crippen LogP contribution >= 0.6 is 0 Å². The summed E-state index contributed by atoms with van der Waals surface area (Å²) in [5.74, 6) is -0.571. The lowest BCUT2D eigenvalue weighted by Crippen LogP contribution is -2.01. The van der Waals surface area contributed by atoms with E-state index in [1.54, 1.807) is 25.1 Å². The first kappa shape index (κ1) is 14.6. The Morgan fingerprint density at radius 2 is 2.13 bits per heavy atom. The summed E-state index contributed by atoms with van der Waals surface area (Å²) in [5, 5.41) is 19.3. The van der Waals surface area contributed by atoms with Crippen molar-refractivity contribution in [2.45, 2.75) is 13.8 Å². The van der Waals surface area contributed by atoms with E-state index in [0.29, 0.717) is 28.3 Å². The second kappa shape index (κ2) is 5.48. The van der Waals surface area contributed by atoms with Gasteiger partial charge in [-0.3, -0.25) is 0 Å². The Balaban J connectivity index is 2.14. The predicted octanol–water partition coefficient (Wildman–Crippen LogP) is 3.19. The standard InChI is InChI=1S/C15H13N5O3/c1-8-3-4-10(19-23)5-12(8)18-14-13-9(2)11(15(21)22)6-20(13)17-7-16-14/h3-7H,1-2H3,(H,21,22)(H,16,17,18). The number of rotatable bonds is 4. The number of aromatic carboxylic acids is 1. The molecule has 116 valence electrons. The van der Waals surface area contributed by atoms with Crippen LogP contribution in [0.2, 0.25) is 0 Å². The molecule has 2 N–H and O–H groups in total. The molecule has 0 radical (unpaired) electrons. The number of carboxylic acids is 1. The fourth-order valence-electron chi connectivity index (χ4n) is 2.40. The van der Waals surface area contributed by atoms with Gasteiger partial charge in [0.05, 0.1) is 5.56 Å². The number of carbonyl (C=O) groups is 1. The van der Waals surface area contributed by atoms with Crippen LogP contribution in [0.1, 0.15) is 21.5 Å². The van der Waals surface area contributed by atoms with E-state index in [4.69, 9.17) is 0 Å².